The molecule has 9 heteroatoms. The highest BCUT2D eigenvalue weighted by molar-refractivity contribution is 6.00. The summed E-state index contributed by atoms with van der Waals surface area (Å²) in [5, 5.41) is 3.71. The van der Waals surface area contributed by atoms with Gasteiger partial charge in [-0.05, 0) is 26.2 Å². The zero-order valence-electron chi connectivity index (χ0n) is 14.6. The second kappa shape index (κ2) is 6.47. The van der Waals surface area contributed by atoms with Crippen LogP contribution in [-0.4, -0.2) is 56.5 Å². The number of hydrogen-bond donors (Lipinski definition) is 0. The van der Waals surface area contributed by atoms with Gasteiger partial charge in [-0.2, -0.15) is 4.98 Å². The second-order valence-corrected chi connectivity index (χ2v) is 6.91. The van der Waals surface area contributed by atoms with E-state index in [0.717, 1.165) is 19.3 Å². The lowest BCUT2D eigenvalue weighted by atomic mass is 9.78. The highest BCUT2D eigenvalue weighted by atomic mass is 16.5. The van der Waals surface area contributed by atoms with Crippen LogP contribution in [0.25, 0.3) is 0 Å². The van der Waals surface area contributed by atoms with Crippen molar-refractivity contribution in [2.75, 3.05) is 24.5 Å². The minimum atomic E-state index is -0.519. The molecule has 0 radical (unpaired) electrons. The summed E-state index contributed by atoms with van der Waals surface area (Å²) in [5.74, 6) is 0.794. The average molecular weight is 356 g/mol. The molecular weight excluding hydrogens is 336 g/mol. The topological polar surface area (TPSA) is 105 Å². The maximum absolute atomic E-state index is 13.1. The van der Waals surface area contributed by atoms with E-state index in [1.165, 1.54) is 6.33 Å². The van der Waals surface area contributed by atoms with Crippen LogP contribution < -0.4 is 4.90 Å². The van der Waals surface area contributed by atoms with Gasteiger partial charge in [-0.3, -0.25) is 9.59 Å². The molecule has 2 aromatic rings. The first-order chi connectivity index (χ1) is 12.6. The predicted octanol–water partition coefficient (Wildman–Crippen LogP) is 0.756. The van der Waals surface area contributed by atoms with Crippen molar-refractivity contribution in [3.05, 3.63) is 30.4 Å². The van der Waals surface area contributed by atoms with Gasteiger partial charge in [0.25, 0.3) is 0 Å². The van der Waals surface area contributed by atoms with E-state index in [9.17, 15) is 9.59 Å². The van der Waals surface area contributed by atoms with Gasteiger partial charge >= 0.3 is 0 Å². The largest absolute Gasteiger partial charge is 0.341 e. The van der Waals surface area contributed by atoms with Gasteiger partial charge in [0.15, 0.2) is 5.82 Å². The van der Waals surface area contributed by atoms with Crippen molar-refractivity contribution in [1.82, 2.24) is 25.0 Å². The number of aromatic nitrogens is 4. The van der Waals surface area contributed by atoms with Crippen molar-refractivity contribution in [1.29, 1.82) is 0 Å². The fourth-order valence-electron chi connectivity index (χ4n) is 3.87. The first kappa shape index (κ1) is 16.6. The third-order valence-electron chi connectivity index (χ3n) is 5.17. The number of hydrogen-bond acceptors (Lipinski definition) is 7. The Bertz CT molecular complexity index is 823. The predicted molar refractivity (Wildman–Crippen MR) is 90.0 cm³/mol. The number of aryl methyl sites for hydroxylation is 1. The lowest BCUT2D eigenvalue weighted by molar-refractivity contribution is -0.138. The van der Waals surface area contributed by atoms with Gasteiger partial charge in [0, 0.05) is 19.6 Å². The molecule has 0 unspecified atom stereocenters. The van der Waals surface area contributed by atoms with E-state index in [4.69, 9.17) is 4.52 Å². The molecule has 2 fully saturated rings. The molecule has 136 valence electrons. The van der Waals surface area contributed by atoms with Gasteiger partial charge < -0.3 is 14.3 Å². The van der Waals surface area contributed by atoms with Crippen LogP contribution in [0.4, 0.5) is 5.69 Å². The molecule has 4 heterocycles. The fourth-order valence-corrected chi connectivity index (χ4v) is 3.87. The smallest absolute Gasteiger partial charge is 0.236 e. The van der Waals surface area contributed by atoms with Crippen LogP contribution in [0.3, 0.4) is 0 Å². The minimum absolute atomic E-state index is 0.0541. The van der Waals surface area contributed by atoms with Gasteiger partial charge in [0.2, 0.25) is 17.7 Å². The summed E-state index contributed by atoms with van der Waals surface area (Å²) in [7, 11) is 0. The van der Waals surface area contributed by atoms with Crippen LogP contribution in [0, 0.1) is 12.3 Å². The van der Waals surface area contributed by atoms with Gasteiger partial charge in [0.05, 0.1) is 23.5 Å². The van der Waals surface area contributed by atoms with E-state index in [2.05, 4.69) is 20.1 Å². The molecule has 2 saturated heterocycles. The summed E-state index contributed by atoms with van der Waals surface area (Å²) in [6.45, 7) is 3.42. The van der Waals surface area contributed by atoms with Gasteiger partial charge in [-0.1, -0.05) is 5.16 Å². The van der Waals surface area contributed by atoms with Gasteiger partial charge in [-0.25, -0.2) is 9.97 Å². The monoisotopic (exact) mass is 356 g/mol. The highest BCUT2D eigenvalue weighted by Gasteiger charge is 2.50. The molecule has 1 spiro atoms. The maximum Gasteiger partial charge on any atom is 0.236 e. The first-order valence-electron chi connectivity index (χ1n) is 8.71. The van der Waals surface area contributed by atoms with Crippen molar-refractivity contribution in [3.63, 3.8) is 0 Å². The van der Waals surface area contributed by atoms with E-state index in [0.29, 0.717) is 37.0 Å². The quantitative estimate of drug-likeness (QED) is 0.799. The van der Waals surface area contributed by atoms with E-state index in [1.54, 1.807) is 29.1 Å². The summed E-state index contributed by atoms with van der Waals surface area (Å²) < 4.78 is 5.04. The molecule has 1 atom stereocenters. The summed E-state index contributed by atoms with van der Waals surface area (Å²) in [5.41, 5.74) is 0.188. The highest BCUT2D eigenvalue weighted by Crippen LogP contribution is 2.41. The second-order valence-electron chi connectivity index (χ2n) is 6.91. The van der Waals surface area contributed by atoms with Crippen LogP contribution >= 0.6 is 0 Å². The Morgan fingerprint density at radius 1 is 1.27 bits per heavy atom. The molecule has 26 heavy (non-hydrogen) atoms. The summed E-state index contributed by atoms with van der Waals surface area (Å²) in [6.07, 6.45) is 7.13. The molecule has 2 aliphatic heterocycles. The Hall–Kier alpha value is -2.84. The zero-order chi connectivity index (χ0) is 18.1. The molecule has 0 N–H and O–H groups in total. The van der Waals surface area contributed by atoms with Gasteiger partial charge in [0.1, 0.15) is 12.7 Å². The molecule has 0 aromatic carbocycles. The van der Waals surface area contributed by atoms with E-state index >= 15 is 0 Å². The molecule has 0 saturated carbocycles. The molecule has 2 aliphatic rings. The molecule has 9 nitrogen and oxygen atoms in total. The molecular formula is C17H20N6O3. The van der Waals surface area contributed by atoms with Crippen LogP contribution in [0.1, 0.15) is 31.0 Å². The van der Waals surface area contributed by atoms with E-state index in [-0.39, 0.29) is 18.2 Å². The Kier molecular flexibility index (Phi) is 4.14. The number of rotatable bonds is 3. The number of anilines is 1. The summed E-state index contributed by atoms with van der Waals surface area (Å²) in [6, 6.07) is 0. The summed E-state index contributed by atoms with van der Waals surface area (Å²) >= 11 is 0. The van der Waals surface area contributed by atoms with Crippen molar-refractivity contribution in [3.8, 4) is 0 Å². The molecule has 4 rings (SSSR count). The van der Waals surface area contributed by atoms with Gasteiger partial charge in [-0.15, -0.1) is 0 Å². The normalized spacial score (nSPS) is 23.0. The molecule has 0 aliphatic carbocycles. The third kappa shape index (κ3) is 2.93. The first-order valence-corrected chi connectivity index (χ1v) is 8.71. The average Bonchev–Trinajstić information content (AvgIpc) is 3.20. The Morgan fingerprint density at radius 3 is 2.81 bits per heavy atom. The van der Waals surface area contributed by atoms with Crippen molar-refractivity contribution < 1.29 is 14.1 Å². The summed E-state index contributed by atoms with van der Waals surface area (Å²) in [4.78, 5) is 41.3. The number of likely N-dealkylation sites (tertiary alicyclic amines) is 1. The Morgan fingerprint density at radius 2 is 2.08 bits per heavy atom. The number of carbonyl (C=O) groups excluding carboxylic acids is 2. The zero-order valence-corrected chi connectivity index (χ0v) is 14.6. The van der Waals surface area contributed by atoms with Crippen LogP contribution in [0.2, 0.25) is 0 Å². The molecule has 0 bridgehead atoms. The van der Waals surface area contributed by atoms with E-state index < -0.39 is 5.41 Å². The standard InChI is InChI=1S/C17H20N6O3/c1-12-20-14(26-21-12)7-15(24)22-5-2-3-17(10-22)4-6-23(16(17)25)13-8-18-11-19-9-13/h8-9,11H,2-7,10H2,1H3/t17-/m0/s1. The van der Waals surface area contributed by atoms with Crippen LogP contribution in [0.5, 0.6) is 0 Å². The SMILES string of the molecule is Cc1noc(CC(=O)N2CCC[C@]3(CCN(c4cncnc4)C3=O)C2)n1. The number of nitrogens with zero attached hydrogens (tertiary/aromatic N) is 6. The number of carbonyl (C=O) groups is 2. The maximum atomic E-state index is 13.1. The Balaban J connectivity index is 1.48. The lowest BCUT2D eigenvalue weighted by Crippen LogP contribution is -2.50. The number of amides is 2. The minimum Gasteiger partial charge on any atom is -0.341 e. The van der Waals surface area contributed by atoms with E-state index in [1.807, 2.05) is 0 Å². The fraction of sp³-hybridized carbons (Fsp3) is 0.529. The van der Waals surface area contributed by atoms with Crippen LogP contribution in [0.15, 0.2) is 23.2 Å². The van der Waals surface area contributed by atoms with Crippen molar-refractivity contribution >= 4 is 17.5 Å². The molecule has 2 aromatic heterocycles. The lowest BCUT2D eigenvalue weighted by Gasteiger charge is -2.38. The molecule has 2 amide bonds. The Labute approximate surface area is 150 Å². The number of piperidine rings is 1. The third-order valence-corrected chi connectivity index (χ3v) is 5.17. The van der Waals surface area contributed by atoms with Crippen LogP contribution in [-0.2, 0) is 16.0 Å². The van der Waals surface area contributed by atoms with Crippen molar-refractivity contribution in [2.24, 2.45) is 5.41 Å². The van der Waals surface area contributed by atoms with Crippen molar-refractivity contribution in [2.45, 2.75) is 32.6 Å².